The summed E-state index contributed by atoms with van der Waals surface area (Å²) < 4.78 is 13.2. The molecule has 3 aliphatic heterocycles. The molecule has 0 bridgehead atoms. The maximum atomic E-state index is 13.4. The second-order valence-corrected chi connectivity index (χ2v) is 12.8. The fourth-order valence-electron chi connectivity index (χ4n) is 7.29. The van der Waals surface area contributed by atoms with Gasteiger partial charge >= 0.3 is 5.97 Å². The van der Waals surface area contributed by atoms with Crippen molar-refractivity contribution in [3.8, 4) is 11.5 Å². The summed E-state index contributed by atoms with van der Waals surface area (Å²) in [6, 6.07) is 28.4. The van der Waals surface area contributed by atoms with Crippen LogP contribution in [0.2, 0.25) is 0 Å². The Morgan fingerprint density at radius 3 is 2.17 bits per heavy atom. The van der Waals surface area contributed by atoms with Gasteiger partial charge in [-0.1, -0.05) is 64.1 Å². The molecule has 0 amide bonds. The first-order valence-corrected chi connectivity index (χ1v) is 15.1. The van der Waals surface area contributed by atoms with Gasteiger partial charge in [0.25, 0.3) is 0 Å². The number of aryl methyl sites for hydroxylation is 1. The highest BCUT2D eigenvalue weighted by atomic mass is 16.6. The van der Waals surface area contributed by atoms with Crippen LogP contribution in [0.5, 0.6) is 11.5 Å². The lowest BCUT2D eigenvalue weighted by atomic mass is 9.77. The third kappa shape index (κ3) is 4.09. The van der Waals surface area contributed by atoms with Gasteiger partial charge in [-0.3, -0.25) is 0 Å². The van der Waals surface area contributed by atoms with Crippen LogP contribution in [0.25, 0.3) is 0 Å². The topological polar surface area (TPSA) is 50.8 Å². The Morgan fingerprint density at radius 1 is 0.786 bits per heavy atom. The molecule has 5 heteroatoms. The maximum absolute atomic E-state index is 13.4. The second-order valence-electron chi connectivity index (χ2n) is 12.8. The standard InChI is InChI=1S/C37H38N2O3/c1-22(2)28-20-39(21-29(28)23(3)4)26-15-16-31-35(18-26)41-34-17-24(5)33(38-25-11-7-6-8-12-25)19-32(34)37(31)30-14-10-9-13-27(30)36(40)42-37/h6-19,22-23,28-29,38H,20-21H2,1-5H3. The van der Waals surface area contributed by atoms with E-state index in [1.807, 2.05) is 54.6 Å². The number of hydrogen-bond acceptors (Lipinski definition) is 5. The summed E-state index contributed by atoms with van der Waals surface area (Å²) in [6.45, 7) is 13.5. The molecule has 1 fully saturated rings. The molecule has 7 rings (SSSR count). The molecule has 3 aliphatic rings. The van der Waals surface area contributed by atoms with E-state index in [-0.39, 0.29) is 5.97 Å². The van der Waals surface area contributed by atoms with Crippen molar-refractivity contribution >= 4 is 23.0 Å². The summed E-state index contributed by atoms with van der Waals surface area (Å²) in [5, 5.41) is 3.56. The maximum Gasteiger partial charge on any atom is 0.340 e. The van der Waals surface area contributed by atoms with Crippen LogP contribution in [0.1, 0.15) is 60.3 Å². The minimum Gasteiger partial charge on any atom is -0.456 e. The van der Waals surface area contributed by atoms with Gasteiger partial charge in [0.1, 0.15) is 11.5 Å². The van der Waals surface area contributed by atoms with E-state index >= 15 is 0 Å². The Hall–Kier alpha value is -4.25. The van der Waals surface area contributed by atoms with E-state index in [0.29, 0.717) is 35.0 Å². The number of benzene rings is 4. The largest absolute Gasteiger partial charge is 0.456 e. The molecule has 1 saturated heterocycles. The highest BCUT2D eigenvalue weighted by molar-refractivity contribution is 5.97. The third-order valence-corrected chi connectivity index (χ3v) is 9.59. The van der Waals surface area contributed by atoms with Crippen LogP contribution in [-0.4, -0.2) is 19.1 Å². The molecule has 0 aliphatic carbocycles. The summed E-state index contributed by atoms with van der Waals surface area (Å²) in [5.41, 5.74) is 6.16. The number of carbonyl (C=O) groups excluding carboxylic acids is 1. The van der Waals surface area contributed by atoms with Gasteiger partial charge in [0.15, 0.2) is 5.60 Å². The first-order chi connectivity index (χ1) is 20.3. The first-order valence-electron chi connectivity index (χ1n) is 15.1. The Kier molecular flexibility index (Phi) is 6.30. The van der Waals surface area contributed by atoms with Crippen molar-refractivity contribution in [2.45, 2.75) is 40.2 Å². The molecule has 0 saturated carbocycles. The summed E-state index contributed by atoms with van der Waals surface area (Å²) in [4.78, 5) is 15.9. The molecule has 3 unspecified atom stereocenters. The van der Waals surface area contributed by atoms with Crippen LogP contribution in [0, 0.1) is 30.6 Å². The molecule has 4 aromatic rings. The second kappa shape index (κ2) is 9.94. The lowest BCUT2D eigenvalue weighted by Gasteiger charge is -2.37. The zero-order chi connectivity index (χ0) is 29.2. The van der Waals surface area contributed by atoms with E-state index in [9.17, 15) is 4.79 Å². The van der Waals surface area contributed by atoms with E-state index in [2.05, 4.69) is 75.2 Å². The van der Waals surface area contributed by atoms with Crippen LogP contribution in [-0.2, 0) is 10.3 Å². The van der Waals surface area contributed by atoms with E-state index in [4.69, 9.17) is 9.47 Å². The molecule has 0 aromatic heterocycles. The van der Waals surface area contributed by atoms with E-state index < -0.39 is 5.60 Å². The number of carbonyl (C=O) groups is 1. The van der Waals surface area contributed by atoms with Gasteiger partial charge in [0.2, 0.25) is 0 Å². The van der Waals surface area contributed by atoms with Crippen LogP contribution in [0.3, 0.4) is 0 Å². The van der Waals surface area contributed by atoms with Crippen molar-refractivity contribution in [2.24, 2.45) is 23.7 Å². The highest BCUT2D eigenvalue weighted by Gasteiger charge is 2.54. The smallest absolute Gasteiger partial charge is 0.340 e. The minimum atomic E-state index is -1.10. The number of fused-ring (bicyclic) bond motifs is 6. The molecule has 214 valence electrons. The Bertz CT molecular complexity index is 1660. The Morgan fingerprint density at radius 2 is 1.45 bits per heavy atom. The molecule has 3 heterocycles. The predicted molar refractivity (Wildman–Crippen MR) is 168 cm³/mol. The van der Waals surface area contributed by atoms with Gasteiger partial charge in [0.05, 0.1) is 5.56 Å². The number of nitrogens with one attached hydrogen (secondary N) is 1. The molecule has 0 radical (unpaired) electrons. The molecule has 1 spiro atoms. The van der Waals surface area contributed by atoms with Crippen LogP contribution in [0.15, 0.2) is 84.9 Å². The number of anilines is 3. The fraction of sp³-hybridized carbons (Fsp3) is 0.324. The predicted octanol–water partition coefficient (Wildman–Crippen LogP) is 8.67. The van der Waals surface area contributed by atoms with Crippen LogP contribution in [0.4, 0.5) is 17.1 Å². The number of para-hydroxylation sites is 1. The highest BCUT2D eigenvalue weighted by Crippen LogP contribution is 2.57. The van der Waals surface area contributed by atoms with Crippen molar-refractivity contribution in [3.63, 3.8) is 0 Å². The van der Waals surface area contributed by atoms with E-state index in [0.717, 1.165) is 58.2 Å². The summed E-state index contributed by atoms with van der Waals surface area (Å²) in [7, 11) is 0. The molecule has 42 heavy (non-hydrogen) atoms. The number of nitrogens with zero attached hydrogens (tertiary/aromatic N) is 1. The lowest BCUT2D eigenvalue weighted by Crippen LogP contribution is -2.33. The monoisotopic (exact) mass is 558 g/mol. The normalized spacial score (nSPS) is 22.2. The number of hydrogen-bond donors (Lipinski definition) is 1. The average Bonchev–Trinajstić information content (AvgIpc) is 3.56. The molecular weight excluding hydrogens is 520 g/mol. The zero-order valence-electron chi connectivity index (χ0n) is 25.0. The van der Waals surface area contributed by atoms with Gasteiger partial charge in [-0.25, -0.2) is 4.79 Å². The molecule has 4 aromatic carbocycles. The van der Waals surface area contributed by atoms with Gasteiger partial charge < -0.3 is 19.7 Å². The van der Waals surface area contributed by atoms with Crippen molar-refractivity contribution in [3.05, 3.63) is 113 Å². The number of esters is 1. The minimum absolute atomic E-state index is 0.314. The first kappa shape index (κ1) is 26.6. The van der Waals surface area contributed by atoms with Crippen molar-refractivity contribution in [2.75, 3.05) is 23.3 Å². The lowest BCUT2D eigenvalue weighted by molar-refractivity contribution is 0.0224. The third-order valence-electron chi connectivity index (χ3n) is 9.59. The van der Waals surface area contributed by atoms with Crippen LogP contribution < -0.4 is 15.0 Å². The summed E-state index contributed by atoms with van der Waals surface area (Å²) >= 11 is 0. The van der Waals surface area contributed by atoms with Crippen molar-refractivity contribution in [1.82, 2.24) is 0 Å². The van der Waals surface area contributed by atoms with Crippen molar-refractivity contribution in [1.29, 1.82) is 0 Å². The van der Waals surface area contributed by atoms with Crippen molar-refractivity contribution < 1.29 is 14.3 Å². The quantitative estimate of drug-likeness (QED) is 0.248. The molecule has 3 atom stereocenters. The Balaban J connectivity index is 1.36. The molecular formula is C37H38N2O3. The summed E-state index contributed by atoms with van der Waals surface area (Å²) in [6.07, 6.45) is 0. The van der Waals surface area contributed by atoms with Gasteiger partial charge in [0, 0.05) is 52.9 Å². The Labute approximate surface area is 248 Å². The molecule has 5 nitrogen and oxygen atoms in total. The van der Waals surface area contributed by atoms with Gasteiger partial charge in [-0.05, 0) is 78.6 Å². The SMILES string of the molecule is Cc1cc2c(cc1Nc1ccccc1)C1(OC(=O)c3ccccc31)c1ccc(N3CC(C(C)C)C(C(C)C)C3)cc1O2. The van der Waals surface area contributed by atoms with Gasteiger partial charge in [-0.15, -0.1) is 0 Å². The molecule has 1 N–H and O–H groups in total. The zero-order valence-corrected chi connectivity index (χ0v) is 25.0. The van der Waals surface area contributed by atoms with E-state index in [1.165, 1.54) is 0 Å². The number of ether oxygens (including phenoxy) is 2. The number of rotatable bonds is 5. The van der Waals surface area contributed by atoms with E-state index in [1.54, 1.807) is 0 Å². The van der Waals surface area contributed by atoms with Gasteiger partial charge in [-0.2, -0.15) is 0 Å². The fourth-order valence-corrected chi connectivity index (χ4v) is 7.29. The summed E-state index contributed by atoms with van der Waals surface area (Å²) in [5.74, 6) is 3.68. The van der Waals surface area contributed by atoms with Crippen LogP contribution >= 0.6 is 0 Å². The average molecular weight is 559 g/mol.